The summed E-state index contributed by atoms with van der Waals surface area (Å²) in [6.07, 6.45) is 0. The molecule has 0 atom stereocenters. The molecule has 0 spiro atoms. The summed E-state index contributed by atoms with van der Waals surface area (Å²) in [5, 5.41) is 10.9. The molecule has 0 fully saturated rings. The van der Waals surface area contributed by atoms with Gasteiger partial charge in [0.15, 0.2) is 0 Å². The van der Waals surface area contributed by atoms with Gasteiger partial charge in [-0.25, -0.2) is 4.79 Å². The highest BCUT2D eigenvalue weighted by Gasteiger charge is 2.21. The molecule has 110 valence electrons. The third kappa shape index (κ3) is 2.43. The number of halogens is 2. The molecule has 0 amide bonds. The summed E-state index contributed by atoms with van der Waals surface area (Å²) in [6.45, 7) is 1.78. The molecule has 1 heterocycles. The zero-order valence-electron chi connectivity index (χ0n) is 11.6. The summed E-state index contributed by atoms with van der Waals surface area (Å²) in [7, 11) is 0. The van der Waals surface area contributed by atoms with E-state index in [1.54, 1.807) is 19.1 Å². The first-order chi connectivity index (χ1) is 10.5. The van der Waals surface area contributed by atoms with Gasteiger partial charge in [0.05, 0.1) is 16.1 Å². The molecule has 0 unspecified atom stereocenters. The minimum atomic E-state index is -1.03. The predicted molar refractivity (Wildman–Crippen MR) is 88.9 cm³/mol. The highest BCUT2D eigenvalue weighted by molar-refractivity contribution is 6.39. The number of benzene rings is 2. The first-order valence-corrected chi connectivity index (χ1v) is 7.32. The Morgan fingerprint density at radius 2 is 1.82 bits per heavy atom. The Kier molecular flexibility index (Phi) is 3.77. The zero-order chi connectivity index (χ0) is 15.9. The minimum absolute atomic E-state index is 0.165. The molecule has 0 aliphatic rings. The quantitative estimate of drug-likeness (QED) is 0.700. The van der Waals surface area contributed by atoms with Gasteiger partial charge in [0.2, 0.25) is 0 Å². The molecule has 0 aliphatic heterocycles. The summed E-state index contributed by atoms with van der Waals surface area (Å²) in [5.74, 6) is -1.03. The fraction of sp³-hybridized carbons (Fsp3) is 0.0588. The predicted octanol–water partition coefficient (Wildman–Crippen LogP) is 5.22. The van der Waals surface area contributed by atoms with E-state index in [1.807, 2.05) is 30.3 Å². The van der Waals surface area contributed by atoms with Gasteiger partial charge < -0.3 is 5.11 Å². The Balaban J connectivity index is 2.50. The molecule has 2 aromatic carbocycles. The van der Waals surface area contributed by atoms with Gasteiger partial charge in [0, 0.05) is 21.7 Å². The smallest absolute Gasteiger partial charge is 0.337 e. The van der Waals surface area contributed by atoms with Crippen LogP contribution in [0.3, 0.4) is 0 Å². The topological polar surface area (TPSA) is 50.2 Å². The molecular weight excluding hydrogens is 321 g/mol. The van der Waals surface area contributed by atoms with Crippen LogP contribution in [0.1, 0.15) is 16.1 Å². The van der Waals surface area contributed by atoms with E-state index in [9.17, 15) is 9.90 Å². The van der Waals surface area contributed by atoms with Crippen molar-refractivity contribution < 1.29 is 9.90 Å². The molecule has 1 N–H and O–H groups in total. The van der Waals surface area contributed by atoms with Gasteiger partial charge in [-0.1, -0.05) is 53.5 Å². The fourth-order valence-corrected chi connectivity index (χ4v) is 3.13. The van der Waals surface area contributed by atoms with Gasteiger partial charge in [0.25, 0.3) is 0 Å². The molecule has 3 rings (SSSR count). The number of carbonyl (C=O) groups is 1. The Bertz CT molecular complexity index is 892. The lowest BCUT2D eigenvalue weighted by Gasteiger charge is -2.14. The number of carboxylic acid groups (broad SMARTS) is 1. The van der Waals surface area contributed by atoms with Gasteiger partial charge in [-0.15, -0.1) is 0 Å². The van der Waals surface area contributed by atoms with E-state index < -0.39 is 5.97 Å². The van der Waals surface area contributed by atoms with Crippen molar-refractivity contribution >= 4 is 40.1 Å². The van der Waals surface area contributed by atoms with Crippen molar-refractivity contribution in [1.29, 1.82) is 0 Å². The Hall–Kier alpha value is -2.10. The van der Waals surface area contributed by atoms with Gasteiger partial charge >= 0.3 is 5.97 Å². The van der Waals surface area contributed by atoms with Crippen molar-refractivity contribution in [1.82, 2.24) is 4.98 Å². The zero-order valence-corrected chi connectivity index (χ0v) is 13.1. The monoisotopic (exact) mass is 331 g/mol. The second-order valence-electron chi connectivity index (χ2n) is 4.90. The van der Waals surface area contributed by atoms with Crippen LogP contribution >= 0.6 is 23.2 Å². The maximum atomic E-state index is 11.9. The Morgan fingerprint density at radius 3 is 2.45 bits per heavy atom. The number of hydrogen-bond donors (Lipinski definition) is 1. The van der Waals surface area contributed by atoms with Crippen molar-refractivity contribution in [2.75, 3.05) is 0 Å². The molecule has 0 radical (unpaired) electrons. The average Bonchev–Trinajstić information content (AvgIpc) is 2.47. The highest BCUT2D eigenvalue weighted by Crippen LogP contribution is 2.36. The molecule has 22 heavy (non-hydrogen) atoms. The van der Waals surface area contributed by atoms with Crippen molar-refractivity contribution in [2.24, 2.45) is 0 Å². The van der Waals surface area contributed by atoms with Crippen molar-refractivity contribution in [3.05, 3.63) is 63.8 Å². The number of aromatic nitrogens is 1. The average molecular weight is 332 g/mol. The van der Waals surface area contributed by atoms with Gasteiger partial charge in [0.1, 0.15) is 0 Å². The first-order valence-electron chi connectivity index (χ1n) is 6.57. The number of carboxylic acids is 1. The van der Waals surface area contributed by atoms with E-state index in [4.69, 9.17) is 23.2 Å². The van der Waals surface area contributed by atoms with E-state index in [-0.39, 0.29) is 5.56 Å². The SMILES string of the molecule is Cc1nc2c(Cl)cc(Cl)cc2c(C(=O)O)c1-c1ccccc1. The van der Waals surface area contributed by atoms with E-state index in [0.717, 1.165) is 5.56 Å². The Morgan fingerprint density at radius 1 is 1.14 bits per heavy atom. The third-order valence-corrected chi connectivity index (χ3v) is 3.97. The first kappa shape index (κ1) is 14.8. The number of nitrogens with zero attached hydrogens (tertiary/aromatic N) is 1. The van der Waals surface area contributed by atoms with E-state index in [0.29, 0.717) is 32.2 Å². The van der Waals surface area contributed by atoms with Crippen LogP contribution in [0.2, 0.25) is 10.0 Å². The van der Waals surface area contributed by atoms with Gasteiger partial charge in [-0.3, -0.25) is 4.98 Å². The lowest BCUT2D eigenvalue weighted by Crippen LogP contribution is -2.05. The lowest BCUT2D eigenvalue weighted by molar-refractivity contribution is 0.0699. The van der Waals surface area contributed by atoms with Crippen LogP contribution < -0.4 is 0 Å². The van der Waals surface area contributed by atoms with Gasteiger partial charge in [-0.05, 0) is 24.6 Å². The maximum Gasteiger partial charge on any atom is 0.337 e. The fourth-order valence-electron chi connectivity index (χ4n) is 2.59. The summed E-state index contributed by atoms with van der Waals surface area (Å²) in [5.41, 5.74) is 2.60. The third-order valence-electron chi connectivity index (χ3n) is 3.47. The van der Waals surface area contributed by atoms with Crippen LogP contribution in [-0.2, 0) is 0 Å². The van der Waals surface area contributed by atoms with Crippen LogP contribution in [0.4, 0.5) is 0 Å². The summed E-state index contributed by atoms with van der Waals surface area (Å²) in [6, 6.07) is 12.5. The number of rotatable bonds is 2. The van der Waals surface area contributed by atoms with Crippen LogP contribution in [-0.4, -0.2) is 16.1 Å². The molecule has 0 saturated carbocycles. The molecule has 0 aliphatic carbocycles. The standard InChI is InChI=1S/C17H11Cl2NO2/c1-9-14(10-5-3-2-4-6-10)15(17(21)22)12-7-11(18)8-13(19)16(12)20-9/h2-8H,1H3,(H,21,22). The maximum absolute atomic E-state index is 11.9. The molecule has 3 nitrogen and oxygen atoms in total. The van der Waals surface area contributed by atoms with E-state index in [2.05, 4.69) is 4.98 Å². The van der Waals surface area contributed by atoms with E-state index in [1.165, 1.54) is 0 Å². The van der Waals surface area contributed by atoms with Gasteiger partial charge in [-0.2, -0.15) is 0 Å². The Labute approximate surface area is 137 Å². The van der Waals surface area contributed by atoms with Crippen LogP contribution in [0.15, 0.2) is 42.5 Å². The van der Waals surface area contributed by atoms with Crippen LogP contribution in [0.5, 0.6) is 0 Å². The number of aromatic carboxylic acids is 1. The molecular formula is C17H11Cl2NO2. The number of pyridine rings is 1. The van der Waals surface area contributed by atoms with E-state index >= 15 is 0 Å². The molecule has 5 heteroatoms. The van der Waals surface area contributed by atoms with Crippen LogP contribution in [0, 0.1) is 6.92 Å². The summed E-state index contributed by atoms with van der Waals surface area (Å²) >= 11 is 12.2. The lowest BCUT2D eigenvalue weighted by atomic mass is 9.95. The number of aryl methyl sites for hydroxylation is 1. The normalized spacial score (nSPS) is 10.9. The largest absolute Gasteiger partial charge is 0.478 e. The molecule has 0 saturated heterocycles. The second kappa shape index (κ2) is 5.59. The van der Waals surface area contributed by atoms with Crippen molar-refractivity contribution in [3.8, 4) is 11.1 Å². The number of fused-ring (bicyclic) bond motifs is 1. The van der Waals surface area contributed by atoms with Crippen molar-refractivity contribution in [3.63, 3.8) is 0 Å². The minimum Gasteiger partial charge on any atom is -0.478 e. The molecule has 1 aromatic heterocycles. The highest BCUT2D eigenvalue weighted by atomic mass is 35.5. The molecule has 0 bridgehead atoms. The summed E-state index contributed by atoms with van der Waals surface area (Å²) < 4.78 is 0. The van der Waals surface area contributed by atoms with Crippen LogP contribution in [0.25, 0.3) is 22.0 Å². The van der Waals surface area contributed by atoms with Crippen molar-refractivity contribution in [2.45, 2.75) is 6.92 Å². The molecule has 3 aromatic rings. The summed E-state index contributed by atoms with van der Waals surface area (Å²) in [4.78, 5) is 16.4. The second-order valence-corrected chi connectivity index (χ2v) is 5.75. The number of hydrogen-bond acceptors (Lipinski definition) is 2.